The second-order valence-electron chi connectivity index (χ2n) is 5.38. The number of nitrogens with one attached hydrogen (secondary N) is 1. The van der Waals surface area contributed by atoms with Crippen molar-refractivity contribution in [1.82, 2.24) is 5.32 Å². The zero-order chi connectivity index (χ0) is 15.0. The lowest BCUT2D eigenvalue weighted by atomic mass is 10.2. The first-order valence-electron chi connectivity index (χ1n) is 7.27. The molecule has 0 aliphatic heterocycles. The maximum absolute atomic E-state index is 6.10. The number of hydrogen-bond acceptors (Lipinski definition) is 3. The quantitative estimate of drug-likeness (QED) is 0.726. The van der Waals surface area contributed by atoms with Crippen LogP contribution in [0.1, 0.15) is 33.6 Å². The summed E-state index contributed by atoms with van der Waals surface area (Å²) < 4.78 is 12.2. The highest BCUT2D eigenvalue weighted by molar-refractivity contribution is 9.10. The number of ether oxygens (including phenoxy) is 2. The summed E-state index contributed by atoms with van der Waals surface area (Å²) in [5, 5.41) is 3.47. The van der Waals surface area contributed by atoms with Gasteiger partial charge in [0.1, 0.15) is 17.6 Å². The first-order chi connectivity index (χ1) is 9.56. The molecular weight excluding hydrogens is 318 g/mol. The molecule has 0 aromatic heterocycles. The lowest BCUT2D eigenvalue weighted by molar-refractivity contribution is 0.184. The third kappa shape index (κ3) is 6.14. The van der Waals surface area contributed by atoms with E-state index in [0.29, 0.717) is 5.92 Å². The van der Waals surface area contributed by atoms with Crippen molar-refractivity contribution in [3.05, 3.63) is 22.7 Å². The molecule has 0 spiro atoms. The zero-order valence-corrected chi connectivity index (χ0v) is 14.5. The van der Waals surface area contributed by atoms with Crippen LogP contribution in [0.4, 0.5) is 0 Å². The second-order valence-corrected chi connectivity index (χ2v) is 6.23. The van der Waals surface area contributed by atoms with Crippen molar-refractivity contribution in [1.29, 1.82) is 0 Å². The molecule has 3 nitrogen and oxygen atoms in total. The van der Waals surface area contributed by atoms with Crippen molar-refractivity contribution in [2.24, 2.45) is 5.92 Å². The SMILES string of the molecule is CCCC(CNCC(C)C)Oc1ccc(OC)cc1Br. The van der Waals surface area contributed by atoms with Crippen molar-refractivity contribution >= 4 is 15.9 Å². The fourth-order valence-corrected chi connectivity index (χ4v) is 2.39. The lowest BCUT2D eigenvalue weighted by Gasteiger charge is -2.21. The molecule has 0 radical (unpaired) electrons. The summed E-state index contributed by atoms with van der Waals surface area (Å²) in [7, 11) is 1.66. The number of halogens is 1. The molecule has 0 amide bonds. The molecule has 1 aromatic carbocycles. The Kier molecular flexibility index (Phi) is 8.00. The standard InChI is InChI=1S/C16H26BrNO2/c1-5-6-14(11-18-10-12(2)3)20-16-8-7-13(19-4)9-15(16)17/h7-9,12,14,18H,5-6,10-11H2,1-4H3. The number of hydrogen-bond donors (Lipinski definition) is 1. The van der Waals surface area contributed by atoms with Gasteiger partial charge in [-0.25, -0.2) is 0 Å². The molecular formula is C16H26BrNO2. The van der Waals surface area contributed by atoms with E-state index in [1.165, 1.54) is 0 Å². The van der Waals surface area contributed by atoms with Crippen LogP contribution in [0.25, 0.3) is 0 Å². The Morgan fingerprint density at radius 1 is 1.25 bits per heavy atom. The number of benzene rings is 1. The summed E-state index contributed by atoms with van der Waals surface area (Å²) in [6.07, 6.45) is 2.36. The molecule has 0 heterocycles. The van der Waals surface area contributed by atoms with E-state index in [1.54, 1.807) is 7.11 Å². The first-order valence-corrected chi connectivity index (χ1v) is 8.07. The van der Waals surface area contributed by atoms with Crippen LogP contribution >= 0.6 is 15.9 Å². The first kappa shape index (κ1) is 17.3. The largest absolute Gasteiger partial charge is 0.497 e. The highest BCUT2D eigenvalue weighted by atomic mass is 79.9. The predicted molar refractivity (Wildman–Crippen MR) is 87.7 cm³/mol. The topological polar surface area (TPSA) is 30.5 Å². The van der Waals surface area contributed by atoms with E-state index in [0.717, 1.165) is 41.9 Å². The molecule has 0 aliphatic rings. The van der Waals surface area contributed by atoms with Crippen LogP contribution in [0.5, 0.6) is 11.5 Å². The number of methoxy groups -OCH3 is 1. The van der Waals surface area contributed by atoms with Crippen LogP contribution in [0.2, 0.25) is 0 Å². The summed E-state index contributed by atoms with van der Waals surface area (Å²) in [5.41, 5.74) is 0. The van der Waals surface area contributed by atoms with Crippen LogP contribution in [-0.4, -0.2) is 26.3 Å². The Labute approximate surface area is 131 Å². The molecule has 1 unspecified atom stereocenters. The van der Waals surface area contributed by atoms with E-state index >= 15 is 0 Å². The minimum Gasteiger partial charge on any atom is -0.497 e. The van der Waals surface area contributed by atoms with Crippen molar-refractivity contribution in [2.45, 2.75) is 39.7 Å². The van der Waals surface area contributed by atoms with E-state index in [9.17, 15) is 0 Å². The van der Waals surface area contributed by atoms with Gasteiger partial charge in [-0.05, 0) is 53.0 Å². The van der Waals surface area contributed by atoms with Crippen LogP contribution in [0, 0.1) is 5.92 Å². The van der Waals surface area contributed by atoms with Crippen molar-refractivity contribution in [3.8, 4) is 11.5 Å². The van der Waals surface area contributed by atoms with Crippen LogP contribution in [0.15, 0.2) is 22.7 Å². The highest BCUT2D eigenvalue weighted by Gasteiger charge is 2.12. The van der Waals surface area contributed by atoms with Crippen LogP contribution < -0.4 is 14.8 Å². The molecule has 20 heavy (non-hydrogen) atoms. The van der Waals surface area contributed by atoms with E-state index in [-0.39, 0.29) is 6.10 Å². The van der Waals surface area contributed by atoms with Gasteiger partial charge in [0.15, 0.2) is 0 Å². The summed E-state index contributed by atoms with van der Waals surface area (Å²) >= 11 is 3.53. The van der Waals surface area contributed by atoms with Gasteiger partial charge in [0.2, 0.25) is 0 Å². The average molecular weight is 344 g/mol. The molecule has 1 atom stereocenters. The molecule has 0 saturated heterocycles. The van der Waals surface area contributed by atoms with E-state index < -0.39 is 0 Å². The highest BCUT2D eigenvalue weighted by Crippen LogP contribution is 2.30. The van der Waals surface area contributed by atoms with Gasteiger partial charge in [0.25, 0.3) is 0 Å². The monoisotopic (exact) mass is 343 g/mol. The molecule has 0 saturated carbocycles. The third-order valence-corrected chi connectivity index (χ3v) is 3.59. The maximum Gasteiger partial charge on any atom is 0.134 e. The summed E-state index contributed by atoms with van der Waals surface area (Å²) in [6, 6.07) is 5.80. The Hall–Kier alpha value is -0.740. The Balaban J connectivity index is 2.60. The Morgan fingerprint density at radius 2 is 2.00 bits per heavy atom. The van der Waals surface area contributed by atoms with Crippen LogP contribution in [-0.2, 0) is 0 Å². The molecule has 0 bridgehead atoms. The van der Waals surface area contributed by atoms with E-state index in [1.807, 2.05) is 18.2 Å². The summed E-state index contributed by atoms with van der Waals surface area (Å²) in [6.45, 7) is 8.51. The van der Waals surface area contributed by atoms with Gasteiger partial charge in [0.05, 0.1) is 11.6 Å². The molecule has 1 rings (SSSR count). The summed E-state index contributed by atoms with van der Waals surface area (Å²) in [4.78, 5) is 0. The van der Waals surface area contributed by atoms with Gasteiger partial charge in [-0.15, -0.1) is 0 Å². The molecule has 0 fully saturated rings. The molecule has 0 aliphatic carbocycles. The van der Waals surface area contributed by atoms with Crippen molar-refractivity contribution in [3.63, 3.8) is 0 Å². The Morgan fingerprint density at radius 3 is 2.55 bits per heavy atom. The minimum atomic E-state index is 0.198. The van der Waals surface area contributed by atoms with Gasteiger partial charge in [0, 0.05) is 6.54 Å². The average Bonchev–Trinajstić information content (AvgIpc) is 2.40. The molecule has 4 heteroatoms. The van der Waals surface area contributed by atoms with E-state index in [4.69, 9.17) is 9.47 Å². The molecule has 1 aromatic rings. The van der Waals surface area contributed by atoms with Gasteiger partial charge >= 0.3 is 0 Å². The second kappa shape index (κ2) is 9.24. The third-order valence-electron chi connectivity index (χ3n) is 2.97. The number of rotatable bonds is 9. The van der Waals surface area contributed by atoms with Crippen molar-refractivity contribution in [2.75, 3.05) is 20.2 Å². The van der Waals surface area contributed by atoms with Crippen molar-refractivity contribution < 1.29 is 9.47 Å². The predicted octanol–water partition coefficient (Wildman–Crippen LogP) is 4.25. The summed E-state index contributed by atoms with van der Waals surface area (Å²) in [5.74, 6) is 2.36. The fourth-order valence-electron chi connectivity index (χ4n) is 1.94. The maximum atomic E-state index is 6.10. The van der Waals surface area contributed by atoms with Gasteiger partial charge in [-0.1, -0.05) is 27.2 Å². The van der Waals surface area contributed by atoms with Gasteiger partial charge in [-0.3, -0.25) is 0 Å². The Bertz CT molecular complexity index is 396. The molecule has 114 valence electrons. The normalized spacial score (nSPS) is 12.5. The van der Waals surface area contributed by atoms with Crippen LogP contribution in [0.3, 0.4) is 0 Å². The van der Waals surface area contributed by atoms with E-state index in [2.05, 4.69) is 42.0 Å². The molecule has 1 N–H and O–H groups in total. The van der Waals surface area contributed by atoms with Gasteiger partial charge in [-0.2, -0.15) is 0 Å². The van der Waals surface area contributed by atoms with Gasteiger partial charge < -0.3 is 14.8 Å². The zero-order valence-electron chi connectivity index (χ0n) is 12.9. The minimum absolute atomic E-state index is 0.198. The fraction of sp³-hybridized carbons (Fsp3) is 0.625. The lowest BCUT2D eigenvalue weighted by Crippen LogP contribution is -2.33. The smallest absolute Gasteiger partial charge is 0.134 e.